The molecule has 2 saturated carbocycles. The van der Waals surface area contributed by atoms with Gasteiger partial charge in [-0.25, -0.2) is 15.0 Å². The van der Waals surface area contributed by atoms with Crippen LogP contribution >= 0.6 is 0 Å². The lowest BCUT2D eigenvalue weighted by molar-refractivity contribution is 0.286. The third-order valence-electron chi connectivity index (χ3n) is 7.26. The fraction of sp³-hybridized carbons (Fsp3) is 0.565. The van der Waals surface area contributed by atoms with Gasteiger partial charge >= 0.3 is 0 Å². The summed E-state index contributed by atoms with van der Waals surface area (Å²) in [6.07, 6.45) is 13.5. The van der Waals surface area contributed by atoms with E-state index in [-0.39, 0.29) is 5.54 Å². The van der Waals surface area contributed by atoms with Gasteiger partial charge in [-0.3, -0.25) is 4.21 Å². The van der Waals surface area contributed by atoms with Gasteiger partial charge in [0, 0.05) is 44.2 Å². The first-order chi connectivity index (χ1) is 15.6. The lowest BCUT2D eigenvalue weighted by atomic mass is 9.77. The molecule has 32 heavy (non-hydrogen) atoms. The van der Waals surface area contributed by atoms with E-state index in [0.717, 1.165) is 60.9 Å². The molecule has 2 aromatic rings. The zero-order valence-corrected chi connectivity index (χ0v) is 19.0. The quantitative estimate of drug-likeness (QED) is 0.689. The molecule has 4 aliphatic rings. The van der Waals surface area contributed by atoms with E-state index in [9.17, 15) is 4.21 Å². The van der Waals surface area contributed by atoms with Crippen LogP contribution in [0.25, 0.3) is 5.57 Å². The van der Waals surface area contributed by atoms with E-state index in [1.165, 1.54) is 24.0 Å². The normalized spacial score (nSPS) is 24.0. The lowest BCUT2D eigenvalue weighted by Crippen LogP contribution is -2.51. The van der Waals surface area contributed by atoms with E-state index in [1.807, 2.05) is 12.4 Å². The molecule has 0 aromatic carbocycles. The van der Waals surface area contributed by atoms with Crippen LogP contribution in [-0.4, -0.2) is 55.1 Å². The molecular formula is C23H29N7OS. The maximum absolute atomic E-state index is 12.6. The minimum atomic E-state index is -1.04. The van der Waals surface area contributed by atoms with Crippen molar-refractivity contribution in [3.8, 4) is 0 Å². The molecule has 8 nitrogen and oxygen atoms in total. The number of hydrogen-bond acceptors (Lipinski definition) is 8. The van der Waals surface area contributed by atoms with Crippen LogP contribution in [0, 0.1) is 0 Å². The summed E-state index contributed by atoms with van der Waals surface area (Å²) in [6, 6.07) is 0. The molecule has 0 radical (unpaired) electrons. The second-order valence-corrected chi connectivity index (χ2v) is 11.0. The maximum Gasteiger partial charge on any atom is 0.227 e. The van der Waals surface area contributed by atoms with Gasteiger partial charge in [-0.15, -0.1) is 0 Å². The Hall–Kier alpha value is -2.39. The Morgan fingerprint density at radius 3 is 2.62 bits per heavy atom. The summed E-state index contributed by atoms with van der Waals surface area (Å²) in [4.78, 5) is 21.9. The van der Waals surface area contributed by atoms with E-state index in [4.69, 9.17) is 15.7 Å². The summed E-state index contributed by atoms with van der Waals surface area (Å²) in [7, 11) is -1.04. The molecule has 2 aliphatic carbocycles. The van der Waals surface area contributed by atoms with Gasteiger partial charge < -0.3 is 16.0 Å². The fourth-order valence-electron chi connectivity index (χ4n) is 4.83. The van der Waals surface area contributed by atoms with Crippen molar-refractivity contribution in [3.05, 3.63) is 35.6 Å². The maximum atomic E-state index is 12.6. The second kappa shape index (κ2) is 7.88. The van der Waals surface area contributed by atoms with Gasteiger partial charge in [-0.2, -0.15) is 4.98 Å². The van der Waals surface area contributed by atoms with Crippen LogP contribution in [0.4, 0.5) is 11.8 Å². The molecule has 9 heteroatoms. The highest BCUT2D eigenvalue weighted by Gasteiger charge is 2.38. The molecule has 2 aromatic heterocycles. The van der Waals surface area contributed by atoms with Gasteiger partial charge in [0.15, 0.2) is 5.82 Å². The van der Waals surface area contributed by atoms with Crippen molar-refractivity contribution < 1.29 is 4.21 Å². The predicted molar refractivity (Wildman–Crippen MR) is 125 cm³/mol. The molecule has 4 heterocycles. The smallest absolute Gasteiger partial charge is 0.227 e. The molecule has 6 rings (SSSR count). The zero-order chi connectivity index (χ0) is 21.7. The van der Waals surface area contributed by atoms with Gasteiger partial charge in [0.05, 0.1) is 22.0 Å². The second-order valence-electron chi connectivity index (χ2n) is 9.45. The van der Waals surface area contributed by atoms with Crippen LogP contribution in [0.2, 0.25) is 0 Å². The first kappa shape index (κ1) is 20.2. The Kier molecular flexibility index (Phi) is 4.98. The first-order valence-electron chi connectivity index (χ1n) is 11.7. The topological polar surface area (TPSA) is 110 Å². The highest BCUT2D eigenvalue weighted by molar-refractivity contribution is 7.85. The fourth-order valence-corrected chi connectivity index (χ4v) is 6.14. The van der Waals surface area contributed by atoms with Gasteiger partial charge in [0.1, 0.15) is 10.7 Å². The van der Waals surface area contributed by atoms with Crippen LogP contribution in [-0.2, 0) is 17.2 Å². The van der Waals surface area contributed by atoms with Crippen molar-refractivity contribution in [2.45, 2.75) is 61.3 Å². The number of anilines is 2. The summed E-state index contributed by atoms with van der Waals surface area (Å²) >= 11 is 0. The van der Waals surface area contributed by atoms with Gasteiger partial charge in [0.25, 0.3) is 0 Å². The molecule has 1 atom stereocenters. The van der Waals surface area contributed by atoms with E-state index in [0.29, 0.717) is 30.7 Å². The van der Waals surface area contributed by atoms with Gasteiger partial charge in [-0.1, -0.05) is 6.08 Å². The van der Waals surface area contributed by atoms with Crippen molar-refractivity contribution in [2.24, 2.45) is 5.73 Å². The number of rotatable bonds is 6. The van der Waals surface area contributed by atoms with Crippen molar-refractivity contribution in [1.82, 2.24) is 19.9 Å². The van der Waals surface area contributed by atoms with E-state index in [1.54, 1.807) is 0 Å². The number of nitrogens with zero attached hydrogens (tertiary/aromatic N) is 5. The average molecular weight is 452 g/mol. The van der Waals surface area contributed by atoms with Gasteiger partial charge in [-0.05, 0) is 55.6 Å². The van der Waals surface area contributed by atoms with Crippen molar-refractivity contribution >= 4 is 28.1 Å². The number of fused-ring (bicyclic) bond motifs is 1. The van der Waals surface area contributed by atoms with E-state index < -0.39 is 10.8 Å². The van der Waals surface area contributed by atoms with Crippen molar-refractivity contribution in [2.75, 3.05) is 35.6 Å². The van der Waals surface area contributed by atoms with Crippen LogP contribution in [0.1, 0.15) is 61.5 Å². The molecule has 2 aliphatic heterocycles. The minimum absolute atomic E-state index is 0.120. The average Bonchev–Trinajstić information content (AvgIpc) is 3.59. The molecule has 2 fully saturated rings. The molecule has 0 saturated heterocycles. The third-order valence-corrected chi connectivity index (χ3v) is 8.72. The van der Waals surface area contributed by atoms with Crippen molar-refractivity contribution in [3.63, 3.8) is 0 Å². The largest absolute Gasteiger partial charge is 0.362 e. The van der Waals surface area contributed by atoms with Crippen molar-refractivity contribution in [1.29, 1.82) is 0 Å². The minimum Gasteiger partial charge on any atom is -0.362 e. The highest BCUT2D eigenvalue weighted by Crippen LogP contribution is 2.40. The van der Waals surface area contributed by atoms with Crippen LogP contribution in [0.3, 0.4) is 0 Å². The summed E-state index contributed by atoms with van der Waals surface area (Å²) in [5, 5.41) is 3.57. The molecular weight excluding hydrogens is 422 g/mol. The third kappa shape index (κ3) is 3.61. The summed E-state index contributed by atoms with van der Waals surface area (Å²) in [5.74, 6) is 3.55. The number of nitrogens with two attached hydrogens (primary N) is 1. The Labute approximate surface area is 190 Å². The number of aryl methyl sites for hydroxylation is 1. The first-order valence-corrected chi connectivity index (χ1v) is 13.0. The number of hydrogen-bond donors (Lipinski definition) is 2. The highest BCUT2D eigenvalue weighted by atomic mass is 32.2. The molecule has 0 spiro atoms. The van der Waals surface area contributed by atoms with Crippen LogP contribution in [0.5, 0.6) is 0 Å². The molecule has 0 bridgehead atoms. The molecule has 3 N–H and O–H groups in total. The summed E-state index contributed by atoms with van der Waals surface area (Å²) < 4.78 is 12.6. The van der Waals surface area contributed by atoms with E-state index >= 15 is 0 Å². The molecule has 0 amide bonds. The Balaban J connectivity index is 1.24. The Morgan fingerprint density at radius 1 is 1.19 bits per heavy atom. The van der Waals surface area contributed by atoms with Gasteiger partial charge in [0.2, 0.25) is 5.95 Å². The summed E-state index contributed by atoms with van der Waals surface area (Å²) in [5.41, 5.74) is 9.30. The van der Waals surface area contributed by atoms with Crippen LogP contribution in [0.15, 0.2) is 23.4 Å². The lowest BCUT2D eigenvalue weighted by Gasteiger charge is -2.42. The Morgan fingerprint density at radius 2 is 2.00 bits per heavy atom. The zero-order valence-electron chi connectivity index (χ0n) is 18.2. The SMILES string of the molecule is NCC1(Nc2nc(N3CC=C(c4ncc(C5CC5)cn4)CC3)nc3c2S(=O)CC3)CCC1. The standard InChI is InChI=1S/C23H29N7OS/c24-14-23(7-1-8-23)29-21-19-18(6-11-32(19)31)27-22(28-21)30-9-4-16(5-10-30)20-25-12-17(13-26-20)15-2-3-15/h4,12-13,15H,1-3,5-11,14,24H2,(H,27,28,29). The Bertz CT molecular complexity index is 1090. The number of aromatic nitrogens is 4. The van der Waals surface area contributed by atoms with Crippen LogP contribution < -0.4 is 16.0 Å². The summed E-state index contributed by atoms with van der Waals surface area (Å²) in [6.45, 7) is 2.08. The van der Waals surface area contributed by atoms with E-state index in [2.05, 4.69) is 26.3 Å². The predicted octanol–water partition coefficient (Wildman–Crippen LogP) is 2.39. The molecule has 168 valence electrons. The monoisotopic (exact) mass is 451 g/mol. The molecule has 1 unspecified atom stereocenters. The number of nitrogens with one attached hydrogen (secondary N) is 1.